The molecule has 0 radical (unpaired) electrons. The van der Waals surface area contributed by atoms with Crippen LogP contribution in [-0.4, -0.2) is 51.9 Å². The lowest BCUT2D eigenvalue weighted by atomic mass is 9.89. The Morgan fingerprint density at radius 1 is 0.914 bits per heavy atom. The molecule has 2 heterocycles. The van der Waals surface area contributed by atoms with Crippen molar-refractivity contribution < 1.29 is 28.9 Å². The molecular formula is C25H21N3O6S. The Morgan fingerprint density at radius 3 is 2.43 bits per heavy atom. The van der Waals surface area contributed by atoms with E-state index in [1.54, 1.807) is 42.5 Å². The molecule has 0 aliphatic heterocycles. The van der Waals surface area contributed by atoms with Gasteiger partial charge in [-0.05, 0) is 47.5 Å². The molecule has 0 aliphatic rings. The van der Waals surface area contributed by atoms with E-state index in [2.05, 4.69) is 13.7 Å². The maximum absolute atomic E-state index is 14.0. The molecule has 2 aromatic carbocycles. The normalized spacial score (nSPS) is 11.6. The van der Waals surface area contributed by atoms with Gasteiger partial charge >= 0.3 is 5.97 Å². The van der Waals surface area contributed by atoms with Gasteiger partial charge in [-0.2, -0.15) is 8.75 Å². The number of hydrogen-bond acceptors (Lipinski definition) is 9. The number of pyridine rings is 1. The summed E-state index contributed by atoms with van der Waals surface area (Å²) in [4.78, 5) is 30.7. The number of allylic oxidation sites excluding steroid dienone is 1. The summed E-state index contributed by atoms with van der Waals surface area (Å²) in [6.45, 7) is 0. The topological polar surface area (TPSA) is 121 Å². The molecular weight excluding hydrogens is 470 g/mol. The van der Waals surface area contributed by atoms with Crippen molar-refractivity contribution in [1.82, 2.24) is 13.7 Å². The van der Waals surface area contributed by atoms with Gasteiger partial charge in [0.05, 0.1) is 44.2 Å². The first-order chi connectivity index (χ1) is 16.9. The Hall–Kier alpha value is -4.31. The predicted octanol–water partition coefficient (Wildman–Crippen LogP) is 4.08. The number of carbonyl (C=O) groups is 2. The Bertz CT molecular complexity index is 1450. The number of methoxy groups -OCH3 is 3. The van der Waals surface area contributed by atoms with Gasteiger partial charge in [-0.25, -0.2) is 9.78 Å². The number of benzene rings is 2. The maximum Gasteiger partial charge on any atom is 0.336 e. The van der Waals surface area contributed by atoms with Gasteiger partial charge < -0.3 is 19.3 Å². The maximum atomic E-state index is 14.0. The van der Waals surface area contributed by atoms with E-state index >= 15 is 0 Å². The van der Waals surface area contributed by atoms with Crippen LogP contribution in [-0.2, 0) is 11.2 Å². The molecule has 0 bridgehead atoms. The van der Waals surface area contributed by atoms with Crippen LogP contribution in [0, 0.1) is 0 Å². The lowest BCUT2D eigenvalue weighted by molar-refractivity contribution is -0.130. The molecule has 0 spiro atoms. The van der Waals surface area contributed by atoms with Gasteiger partial charge in [0, 0.05) is 24.3 Å². The molecule has 0 amide bonds. The van der Waals surface area contributed by atoms with E-state index in [1.165, 1.54) is 33.6 Å². The first-order valence-electron chi connectivity index (χ1n) is 10.4. The minimum Gasteiger partial charge on any atom is -0.497 e. The summed E-state index contributed by atoms with van der Waals surface area (Å²) < 4.78 is 24.3. The molecule has 0 saturated heterocycles. The molecule has 2 aromatic heterocycles. The molecule has 1 N–H and O–H groups in total. The van der Waals surface area contributed by atoms with E-state index in [0.29, 0.717) is 39.5 Å². The van der Waals surface area contributed by atoms with Crippen LogP contribution in [0.25, 0.3) is 16.6 Å². The van der Waals surface area contributed by atoms with Gasteiger partial charge in [0.1, 0.15) is 22.5 Å². The molecule has 178 valence electrons. The fourth-order valence-corrected chi connectivity index (χ4v) is 4.19. The van der Waals surface area contributed by atoms with Gasteiger partial charge in [0.15, 0.2) is 5.78 Å². The highest BCUT2D eigenvalue weighted by atomic mass is 32.1. The molecule has 0 fully saturated rings. The highest BCUT2D eigenvalue weighted by Gasteiger charge is 2.27. The van der Waals surface area contributed by atoms with Gasteiger partial charge in [-0.15, -0.1) is 0 Å². The summed E-state index contributed by atoms with van der Waals surface area (Å²) in [6.07, 6.45) is 1.54. The molecule has 0 unspecified atom stereocenters. The zero-order valence-electron chi connectivity index (χ0n) is 19.1. The van der Waals surface area contributed by atoms with E-state index in [0.717, 1.165) is 11.7 Å². The van der Waals surface area contributed by atoms with E-state index < -0.39 is 11.8 Å². The van der Waals surface area contributed by atoms with Gasteiger partial charge in [0.2, 0.25) is 5.88 Å². The van der Waals surface area contributed by atoms with E-state index in [-0.39, 0.29) is 23.1 Å². The zero-order valence-corrected chi connectivity index (χ0v) is 20.0. The molecule has 0 aliphatic carbocycles. The van der Waals surface area contributed by atoms with Crippen molar-refractivity contribution in [3.8, 4) is 17.4 Å². The molecule has 4 rings (SSSR count). The average molecular weight is 492 g/mol. The first kappa shape index (κ1) is 23.8. The van der Waals surface area contributed by atoms with Crippen LogP contribution in [0.15, 0.2) is 60.3 Å². The predicted molar refractivity (Wildman–Crippen MR) is 130 cm³/mol. The molecule has 4 aromatic rings. The number of aliphatic carboxylic acids is 1. The van der Waals surface area contributed by atoms with E-state index in [1.807, 2.05) is 0 Å². The SMILES string of the molecule is COc1ccc(OC)c(C(=O)C(Cc2ccnc(OC)c2)=C(C(=O)O)c2ccc3nsnc3c2)c1. The van der Waals surface area contributed by atoms with Crippen molar-refractivity contribution in [2.75, 3.05) is 21.3 Å². The summed E-state index contributed by atoms with van der Waals surface area (Å²) in [6, 6.07) is 13.1. The number of aromatic nitrogens is 3. The number of ether oxygens (including phenoxy) is 3. The van der Waals surface area contributed by atoms with Crippen LogP contribution in [0.2, 0.25) is 0 Å². The lowest BCUT2D eigenvalue weighted by Gasteiger charge is -2.16. The standard InChI is InChI=1S/C25H21N3O6S/c1-32-16-5-7-21(33-2)17(13-16)24(29)18(10-14-8-9-26-22(11-14)34-3)23(25(30)31)15-4-6-19-20(12-15)28-35-27-19/h4-9,11-13H,10H2,1-3H3,(H,30,31). The van der Waals surface area contributed by atoms with Crippen LogP contribution in [0.5, 0.6) is 17.4 Å². The van der Waals surface area contributed by atoms with Gasteiger partial charge in [-0.1, -0.05) is 6.07 Å². The Kier molecular flexibility index (Phi) is 7.02. The summed E-state index contributed by atoms with van der Waals surface area (Å²) in [7, 11) is 4.40. The van der Waals surface area contributed by atoms with Crippen molar-refractivity contribution in [1.29, 1.82) is 0 Å². The van der Waals surface area contributed by atoms with Crippen LogP contribution >= 0.6 is 11.7 Å². The second-order valence-corrected chi connectivity index (χ2v) is 7.93. The van der Waals surface area contributed by atoms with Crippen molar-refractivity contribution >= 4 is 40.1 Å². The van der Waals surface area contributed by atoms with Crippen molar-refractivity contribution in [2.24, 2.45) is 0 Å². The summed E-state index contributed by atoms with van der Waals surface area (Å²) >= 11 is 1.03. The second kappa shape index (κ2) is 10.3. The fraction of sp³-hybridized carbons (Fsp3) is 0.160. The highest BCUT2D eigenvalue weighted by Crippen LogP contribution is 2.32. The fourth-order valence-electron chi connectivity index (χ4n) is 3.68. The lowest BCUT2D eigenvalue weighted by Crippen LogP contribution is -2.15. The second-order valence-electron chi connectivity index (χ2n) is 7.40. The van der Waals surface area contributed by atoms with Crippen molar-refractivity contribution in [2.45, 2.75) is 6.42 Å². The largest absolute Gasteiger partial charge is 0.497 e. The number of ketones is 1. The van der Waals surface area contributed by atoms with Gasteiger partial charge in [-0.3, -0.25) is 4.79 Å². The smallest absolute Gasteiger partial charge is 0.336 e. The zero-order chi connectivity index (χ0) is 24.9. The first-order valence-corrected chi connectivity index (χ1v) is 11.1. The number of Topliss-reactive ketones (excluding diaryl/α,β-unsaturated/α-hetero) is 1. The molecule has 9 nitrogen and oxygen atoms in total. The summed E-state index contributed by atoms with van der Waals surface area (Å²) in [5.74, 6) is -0.681. The number of nitrogens with zero attached hydrogens (tertiary/aromatic N) is 3. The molecule has 0 saturated carbocycles. The number of carboxylic acid groups (broad SMARTS) is 1. The monoisotopic (exact) mass is 491 g/mol. The third-order valence-electron chi connectivity index (χ3n) is 5.37. The number of carboxylic acids is 1. The van der Waals surface area contributed by atoms with Crippen LogP contribution in [0.4, 0.5) is 0 Å². The Labute approximate surface area is 204 Å². The average Bonchev–Trinajstić information content (AvgIpc) is 3.35. The molecule has 10 heteroatoms. The summed E-state index contributed by atoms with van der Waals surface area (Å²) in [5.41, 5.74) is 2.26. The molecule has 0 atom stereocenters. The highest BCUT2D eigenvalue weighted by molar-refractivity contribution is 7.00. The minimum atomic E-state index is -1.25. The Balaban J connectivity index is 1.96. The third kappa shape index (κ3) is 4.97. The third-order valence-corrected chi connectivity index (χ3v) is 5.93. The number of fused-ring (bicyclic) bond motifs is 1. The van der Waals surface area contributed by atoms with Gasteiger partial charge in [0.25, 0.3) is 0 Å². The van der Waals surface area contributed by atoms with Crippen LogP contribution in [0.3, 0.4) is 0 Å². The Morgan fingerprint density at radius 2 is 1.71 bits per heavy atom. The number of carbonyl (C=O) groups excluding carboxylic acids is 1. The molecule has 35 heavy (non-hydrogen) atoms. The quantitative estimate of drug-likeness (QED) is 0.273. The van der Waals surface area contributed by atoms with E-state index in [9.17, 15) is 14.7 Å². The van der Waals surface area contributed by atoms with Crippen molar-refractivity contribution in [3.63, 3.8) is 0 Å². The number of hydrogen-bond donors (Lipinski definition) is 1. The van der Waals surface area contributed by atoms with Crippen LogP contribution in [0.1, 0.15) is 21.5 Å². The summed E-state index contributed by atoms with van der Waals surface area (Å²) in [5, 5.41) is 10.3. The van der Waals surface area contributed by atoms with E-state index in [4.69, 9.17) is 14.2 Å². The van der Waals surface area contributed by atoms with Crippen LogP contribution < -0.4 is 14.2 Å². The number of rotatable bonds is 9. The van der Waals surface area contributed by atoms with Crippen molar-refractivity contribution in [3.05, 3.63) is 77.0 Å². The minimum absolute atomic E-state index is 0.00701.